The van der Waals surface area contributed by atoms with Crippen LogP contribution in [0.15, 0.2) is 42.5 Å². The van der Waals surface area contributed by atoms with Crippen molar-refractivity contribution in [3.63, 3.8) is 0 Å². The van der Waals surface area contributed by atoms with Crippen LogP contribution in [0.3, 0.4) is 0 Å². The molecule has 0 aliphatic heterocycles. The minimum absolute atomic E-state index is 0.184. The number of fused-ring (bicyclic) bond motifs is 1. The number of hydrogen-bond donors (Lipinski definition) is 1. The lowest BCUT2D eigenvalue weighted by molar-refractivity contribution is 0.627. The van der Waals surface area contributed by atoms with Gasteiger partial charge in [-0.1, -0.05) is 18.2 Å². The fraction of sp³-hybridized carbons (Fsp3) is 0.250. The Balaban J connectivity index is 1.68. The molecule has 0 amide bonds. The Morgan fingerprint density at radius 2 is 1.72 bits per heavy atom. The van der Waals surface area contributed by atoms with Crippen LogP contribution in [0.4, 0.5) is 10.1 Å². The van der Waals surface area contributed by atoms with Crippen LogP contribution in [-0.4, -0.2) is 0 Å². The van der Waals surface area contributed by atoms with E-state index >= 15 is 0 Å². The zero-order valence-corrected chi connectivity index (χ0v) is 10.2. The van der Waals surface area contributed by atoms with Crippen LogP contribution in [0.25, 0.3) is 0 Å². The quantitative estimate of drug-likeness (QED) is 0.858. The maximum Gasteiger partial charge on any atom is 0.123 e. The Labute approximate surface area is 107 Å². The molecular weight excluding hydrogens is 225 g/mol. The fourth-order valence-electron chi connectivity index (χ4n) is 2.49. The van der Waals surface area contributed by atoms with Gasteiger partial charge in [0.15, 0.2) is 0 Å². The molecule has 1 nitrogen and oxygen atoms in total. The van der Waals surface area contributed by atoms with Crippen LogP contribution in [0.5, 0.6) is 0 Å². The van der Waals surface area contributed by atoms with E-state index in [9.17, 15) is 4.39 Å². The van der Waals surface area contributed by atoms with E-state index in [2.05, 4.69) is 23.5 Å². The number of nitrogens with one attached hydrogen (secondary N) is 1. The highest BCUT2D eigenvalue weighted by Gasteiger charge is 2.10. The first-order chi connectivity index (χ1) is 8.81. The third-order valence-electron chi connectivity index (χ3n) is 3.51. The highest BCUT2D eigenvalue weighted by molar-refractivity contribution is 5.50. The summed E-state index contributed by atoms with van der Waals surface area (Å²) < 4.78 is 12.8. The van der Waals surface area contributed by atoms with Crippen LogP contribution in [0.2, 0.25) is 0 Å². The van der Waals surface area contributed by atoms with E-state index in [1.807, 2.05) is 12.1 Å². The molecule has 2 aromatic carbocycles. The van der Waals surface area contributed by atoms with Crippen molar-refractivity contribution >= 4 is 5.69 Å². The van der Waals surface area contributed by atoms with Gasteiger partial charge in [-0.25, -0.2) is 4.39 Å². The summed E-state index contributed by atoms with van der Waals surface area (Å²) >= 11 is 0. The normalized spacial score (nSPS) is 13.4. The molecule has 0 saturated heterocycles. The molecule has 18 heavy (non-hydrogen) atoms. The lowest BCUT2D eigenvalue weighted by atomic mass is 10.1. The molecule has 92 valence electrons. The van der Waals surface area contributed by atoms with Gasteiger partial charge in [0, 0.05) is 12.2 Å². The summed E-state index contributed by atoms with van der Waals surface area (Å²) in [6.45, 7) is 0.735. The van der Waals surface area contributed by atoms with Gasteiger partial charge in [-0.3, -0.25) is 0 Å². The van der Waals surface area contributed by atoms with Crippen molar-refractivity contribution < 1.29 is 4.39 Å². The third kappa shape index (κ3) is 2.37. The van der Waals surface area contributed by atoms with Gasteiger partial charge in [0.25, 0.3) is 0 Å². The number of rotatable bonds is 3. The Bertz CT molecular complexity index is 546. The molecule has 0 fully saturated rings. The van der Waals surface area contributed by atoms with E-state index in [-0.39, 0.29) is 5.82 Å². The zero-order chi connectivity index (χ0) is 12.4. The van der Waals surface area contributed by atoms with Gasteiger partial charge in [0.1, 0.15) is 5.82 Å². The molecule has 0 aromatic heterocycles. The molecule has 3 rings (SSSR count). The highest BCUT2D eigenvalue weighted by Crippen LogP contribution is 2.25. The lowest BCUT2D eigenvalue weighted by Crippen LogP contribution is -2.00. The van der Waals surface area contributed by atoms with Crippen molar-refractivity contribution in [3.8, 4) is 0 Å². The van der Waals surface area contributed by atoms with E-state index in [1.54, 1.807) is 0 Å². The second-order valence-corrected chi connectivity index (χ2v) is 4.82. The molecule has 1 aliphatic carbocycles. The standard InChI is InChI=1S/C16H16FN/c17-15-7-4-12(5-8-15)11-18-16-9-6-13-2-1-3-14(13)10-16/h4-10,18H,1-3,11H2. The number of aryl methyl sites for hydroxylation is 2. The minimum atomic E-state index is -0.184. The third-order valence-corrected chi connectivity index (χ3v) is 3.51. The summed E-state index contributed by atoms with van der Waals surface area (Å²) in [7, 11) is 0. The highest BCUT2D eigenvalue weighted by atomic mass is 19.1. The van der Waals surface area contributed by atoms with E-state index in [4.69, 9.17) is 0 Å². The topological polar surface area (TPSA) is 12.0 Å². The molecule has 2 heteroatoms. The van der Waals surface area contributed by atoms with Crippen LogP contribution in [-0.2, 0) is 19.4 Å². The maximum absolute atomic E-state index is 12.8. The Morgan fingerprint density at radius 1 is 0.944 bits per heavy atom. The molecule has 0 heterocycles. The van der Waals surface area contributed by atoms with E-state index in [0.29, 0.717) is 0 Å². The van der Waals surface area contributed by atoms with E-state index in [0.717, 1.165) is 17.8 Å². The molecule has 0 atom stereocenters. The van der Waals surface area contributed by atoms with Crippen molar-refractivity contribution in [2.75, 3.05) is 5.32 Å². The van der Waals surface area contributed by atoms with Gasteiger partial charge in [-0.15, -0.1) is 0 Å². The number of anilines is 1. The minimum Gasteiger partial charge on any atom is -0.381 e. The first-order valence-electron chi connectivity index (χ1n) is 6.41. The summed E-state index contributed by atoms with van der Waals surface area (Å²) in [5, 5.41) is 3.39. The molecule has 2 aromatic rings. The van der Waals surface area contributed by atoms with Crippen molar-refractivity contribution in [3.05, 3.63) is 65.0 Å². The van der Waals surface area contributed by atoms with Gasteiger partial charge in [-0.2, -0.15) is 0 Å². The summed E-state index contributed by atoms with van der Waals surface area (Å²) in [5.74, 6) is -0.184. The first kappa shape index (κ1) is 11.3. The summed E-state index contributed by atoms with van der Waals surface area (Å²) in [6.07, 6.45) is 3.69. The SMILES string of the molecule is Fc1ccc(CNc2ccc3c(c2)CCC3)cc1. The zero-order valence-electron chi connectivity index (χ0n) is 10.2. The van der Waals surface area contributed by atoms with Crippen molar-refractivity contribution in [2.24, 2.45) is 0 Å². The number of halogens is 1. The second kappa shape index (κ2) is 4.81. The smallest absolute Gasteiger partial charge is 0.123 e. The summed E-state index contributed by atoms with van der Waals surface area (Å²) in [4.78, 5) is 0. The van der Waals surface area contributed by atoms with Crippen molar-refractivity contribution in [1.29, 1.82) is 0 Å². The molecule has 0 saturated carbocycles. The summed E-state index contributed by atoms with van der Waals surface area (Å²) in [5.41, 5.74) is 5.21. The van der Waals surface area contributed by atoms with Crippen LogP contribution < -0.4 is 5.32 Å². The molecule has 0 radical (unpaired) electrons. The summed E-state index contributed by atoms with van der Waals surface area (Å²) in [6, 6.07) is 13.2. The molecule has 0 unspecified atom stereocenters. The Morgan fingerprint density at radius 3 is 2.56 bits per heavy atom. The molecule has 1 N–H and O–H groups in total. The predicted octanol–water partition coefficient (Wildman–Crippen LogP) is 3.93. The molecule has 1 aliphatic rings. The maximum atomic E-state index is 12.8. The predicted molar refractivity (Wildman–Crippen MR) is 72.2 cm³/mol. The van der Waals surface area contributed by atoms with Gasteiger partial charge in [-0.05, 0) is 60.2 Å². The molecular formula is C16H16FN. The Kier molecular flexibility index (Phi) is 3.01. The molecule has 0 spiro atoms. The average Bonchev–Trinajstić information content (AvgIpc) is 2.85. The fourth-order valence-corrected chi connectivity index (χ4v) is 2.49. The first-order valence-corrected chi connectivity index (χ1v) is 6.41. The van der Waals surface area contributed by atoms with E-state index in [1.165, 1.54) is 42.5 Å². The average molecular weight is 241 g/mol. The van der Waals surface area contributed by atoms with Gasteiger partial charge >= 0.3 is 0 Å². The Hall–Kier alpha value is -1.83. The second-order valence-electron chi connectivity index (χ2n) is 4.82. The lowest BCUT2D eigenvalue weighted by Gasteiger charge is -2.08. The van der Waals surface area contributed by atoms with Gasteiger partial charge in [0.2, 0.25) is 0 Å². The van der Waals surface area contributed by atoms with Crippen molar-refractivity contribution in [1.82, 2.24) is 0 Å². The van der Waals surface area contributed by atoms with Crippen LogP contribution in [0.1, 0.15) is 23.1 Å². The monoisotopic (exact) mass is 241 g/mol. The van der Waals surface area contributed by atoms with Gasteiger partial charge < -0.3 is 5.32 Å². The molecule has 0 bridgehead atoms. The number of benzene rings is 2. The van der Waals surface area contributed by atoms with Crippen molar-refractivity contribution in [2.45, 2.75) is 25.8 Å². The van der Waals surface area contributed by atoms with Gasteiger partial charge in [0.05, 0.1) is 0 Å². The van der Waals surface area contributed by atoms with Crippen LogP contribution >= 0.6 is 0 Å². The number of hydrogen-bond acceptors (Lipinski definition) is 1. The van der Waals surface area contributed by atoms with E-state index < -0.39 is 0 Å². The largest absolute Gasteiger partial charge is 0.381 e. The van der Waals surface area contributed by atoms with Crippen LogP contribution in [0, 0.1) is 5.82 Å².